The van der Waals surface area contributed by atoms with E-state index in [0.29, 0.717) is 18.2 Å². The molecule has 1 aliphatic carbocycles. The van der Waals surface area contributed by atoms with E-state index in [-0.39, 0.29) is 11.6 Å². The lowest BCUT2D eigenvalue weighted by Crippen LogP contribution is -2.40. The lowest BCUT2D eigenvalue weighted by atomic mass is 10.1. The first kappa shape index (κ1) is 31.1. The zero-order valence-corrected chi connectivity index (χ0v) is 21.8. The fourth-order valence-electron chi connectivity index (χ4n) is 2.59. The Bertz CT molecular complexity index is 1080. The van der Waals surface area contributed by atoms with Gasteiger partial charge >= 0.3 is 6.18 Å². The summed E-state index contributed by atoms with van der Waals surface area (Å²) in [4.78, 5) is 16.7. The van der Waals surface area contributed by atoms with Gasteiger partial charge in [0, 0.05) is 13.0 Å². The molecule has 3 aromatic heterocycles. The minimum absolute atomic E-state index is 0.280. The maximum absolute atomic E-state index is 12.2. The molecule has 3 heterocycles. The molecule has 1 N–H and O–H groups in total. The van der Waals surface area contributed by atoms with Gasteiger partial charge in [0.05, 0.1) is 32.5 Å². The van der Waals surface area contributed by atoms with Gasteiger partial charge in [-0.2, -0.15) is 18.3 Å². The third-order valence-electron chi connectivity index (χ3n) is 5.15. The summed E-state index contributed by atoms with van der Waals surface area (Å²) in [6.45, 7) is 9.83. The van der Waals surface area contributed by atoms with Crippen LogP contribution in [0.2, 0.25) is 6.82 Å². The van der Waals surface area contributed by atoms with E-state index < -0.39 is 11.8 Å². The Hall–Kier alpha value is -2.96. The molecular weight excluding hydrogens is 476 g/mol. The molecule has 1 fully saturated rings. The summed E-state index contributed by atoms with van der Waals surface area (Å²) in [6.07, 6.45) is 2.32. The predicted molar refractivity (Wildman–Crippen MR) is 130 cm³/mol. The quantitative estimate of drug-likeness (QED) is 0.480. The molecule has 1 amide bonds. The van der Waals surface area contributed by atoms with Gasteiger partial charge < -0.3 is 10.1 Å². The number of ether oxygens (including phenoxy) is 1. The van der Waals surface area contributed by atoms with Crippen molar-refractivity contribution in [3.8, 4) is 0 Å². The van der Waals surface area contributed by atoms with Crippen LogP contribution in [0.5, 0.6) is 0 Å². The molecule has 0 atom stereocenters. The Kier molecular flexibility index (Phi) is 12.0. The van der Waals surface area contributed by atoms with Gasteiger partial charge in [0.2, 0.25) is 0 Å². The molecule has 0 saturated heterocycles. The fourth-order valence-corrected chi connectivity index (χ4v) is 2.59. The molecule has 1 saturated carbocycles. The van der Waals surface area contributed by atoms with Crippen molar-refractivity contribution in [2.45, 2.75) is 84.9 Å². The van der Waals surface area contributed by atoms with Crippen LogP contribution in [0.1, 0.15) is 80.8 Å². The molecule has 0 spiro atoms. The number of carbonyl (C=O) groups excluding carboxylic acids is 1. The highest BCUT2D eigenvalue weighted by Crippen LogP contribution is 2.40. The maximum Gasteiger partial charge on any atom is 0.416 e. The first-order chi connectivity index (χ1) is 17.1. The Morgan fingerprint density at radius 1 is 1.25 bits per heavy atom. The predicted octanol–water partition coefficient (Wildman–Crippen LogP) is 4.69. The number of hydrogen-bond donors (Lipinski definition) is 1. The van der Waals surface area contributed by atoms with E-state index in [1.54, 1.807) is 10.7 Å². The molecule has 0 bridgehead atoms. The SMILES string of the molecule is CC.CCc1cnn2cc(CNC(=O)c3nonc3C3CC3)nc2c1.COC(C)(C)C(F)(F)F.[B]C. The number of nitrogens with zero attached hydrogens (tertiary/aromatic N) is 5. The van der Waals surface area contributed by atoms with E-state index in [1.165, 1.54) is 6.82 Å². The number of amides is 1. The van der Waals surface area contributed by atoms with Gasteiger partial charge in [0.1, 0.15) is 5.69 Å². The average Bonchev–Trinajstić information content (AvgIpc) is 3.45. The van der Waals surface area contributed by atoms with E-state index in [2.05, 4.69) is 45.2 Å². The van der Waals surface area contributed by atoms with Crippen LogP contribution in [0.4, 0.5) is 13.2 Å². The minimum Gasteiger partial charge on any atom is -0.369 e. The van der Waals surface area contributed by atoms with Crippen LogP contribution in [0.3, 0.4) is 0 Å². The smallest absolute Gasteiger partial charge is 0.369 e. The number of alkyl halides is 3. The molecule has 36 heavy (non-hydrogen) atoms. The van der Waals surface area contributed by atoms with E-state index in [9.17, 15) is 18.0 Å². The summed E-state index contributed by atoms with van der Waals surface area (Å²) < 4.78 is 45.7. The van der Waals surface area contributed by atoms with Crippen molar-refractivity contribution in [1.29, 1.82) is 0 Å². The lowest BCUT2D eigenvalue weighted by molar-refractivity contribution is -0.255. The molecule has 13 heteroatoms. The molecular formula is C23H34BF3N6O3. The number of aromatic nitrogens is 5. The maximum atomic E-state index is 12.2. The summed E-state index contributed by atoms with van der Waals surface area (Å²) in [5.41, 5.74) is 1.56. The van der Waals surface area contributed by atoms with Crippen molar-refractivity contribution in [3.05, 3.63) is 41.1 Å². The zero-order valence-electron chi connectivity index (χ0n) is 21.8. The molecule has 1 aliphatic rings. The number of rotatable bonds is 6. The molecule has 3 aromatic rings. The van der Waals surface area contributed by atoms with Gasteiger partial charge in [-0.15, -0.1) is 0 Å². The van der Waals surface area contributed by atoms with Crippen molar-refractivity contribution in [1.82, 2.24) is 30.2 Å². The molecule has 198 valence electrons. The summed E-state index contributed by atoms with van der Waals surface area (Å²) in [5, 5.41) is 14.7. The summed E-state index contributed by atoms with van der Waals surface area (Å²) >= 11 is 0. The Labute approximate surface area is 210 Å². The fraction of sp³-hybridized carbons (Fsp3) is 0.609. The summed E-state index contributed by atoms with van der Waals surface area (Å²) in [6, 6.07) is 1.99. The Morgan fingerprint density at radius 2 is 1.89 bits per heavy atom. The minimum atomic E-state index is -4.28. The number of aryl methyl sites for hydroxylation is 1. The second kappa shape index (κ2) is 14.0. The number of fused-ring (bicyclic) bond motifs is 1. The number of halogens is 3. The number of nitrogens with one attached hydrogen (secondary N) is 1. The van der Waals surface area contributed by atoms with Crippen LogP contribution in [0.15, 0.2) is 23.1 Å². The first-order valence-electron chi connectivity index (χ1n) is 11.7. The molecule has 0 aliphatic heterocycles. The van der Waals surface area contributed by atoms with Crippen molar-refractivity contribution < 1.29 is 27.3 Å². The van der Waals surface area contributed by atoms with Crippen molar-refractivity contribution in [3.63, 3.8) is 0 Å². The first-order valence-corrected chi connectivity index (χ1v) is 11.7. The van der Waals surface area contributed by atoms with Crippen LogP contribution < -0.4 is 5.32 Å². The average molecular weight is 510 g/mol. The molecule has 4 rings (SSSR count). The molecule has 0 unspecified atom stereocenters. The topological polar surface area (TPSA) is 107 Å². The van der Waals surface area contributed by atoms with Gasteiger partial charge in [-0.25, -0.2) is 14.1 Å². The van der Waals surface area contributed by atoms with Crippen LogP contribution in [-0.2, 0) is 17.7 Å². The van der Waals surface area contributed by atoms with Crippen LogP contribution in [0.25, 0.3) is 5.65 Å². The third-order valence-corrected chi connectivity index (χ3v) is 5.15. The molecule has 2 radical (unpaired) electrons. The highest BCUT2D eigenvalue weighted by Gasteiger charge is 2.47. The summed E-state index contributed by atoms with van der Waals surface area (Å²) in [7, 11) is 5.54. The number of methoxy groups -OCH3 is 1. The Morgan fingerprint density at radius 3 is 2.39 bits per heavy atom. The van der Waals surface area contributed by atoms with E-state index >= 15 is 0 Å². The van der Waals surface area contributed by atoms with Crippen LogP contribution >= 0.6 is 0 Å². The highest BCUT2D eigenvalue weighted by atomic mass is 19.4. The largest absolute Gasteiger partial charge is 0.416 e. The second-order valence-electron chi connectivity index (χ2n) is 7.92. The van der Waals surface area contributed by atoms with E-state index in [1.807, 2.05) is 26.1 Å². The molecule has 0 aromatic carbocycles. The monoisotopic (exact) mass is 510 g/mol. The summed E-state index contributed by atoms with van der Waals surface area (Å²) in [5.74, 6) is 0.0290. The number of hydrogen-bond acceptors (Lipinski definition) is 7. The Balaban J connectivity index is 0.000000424. The van der Waals surface area contributed by atoms with Crippen LogP contribution in [0, 0.1) is 0 Å². The lowest BCUT2D eigenvalue weighted by Gasteiger charge is -2.25. The third kappa shape index (κ3) is 8.32. The number of imidazole rings is 1. The van der Waals surface area contributed by atoms with E-state index in [0.717, 1.165) is 57.1 Å². The van der Waals surface area contributed by atoms with E-state index in [4.69, 9.17) is 4.63 Å². The van der Waals surface area contributed by atoms with Gasteiger partial charge in [-0.3, -0.25) is 4.79 Å². The second-order valence-corrected chi connectivity index (χ2v) is 7.92. The van der Waals surface area contributed by atoms with Crippen molar-refractivity contribution in [2.75, 3.05) is 7.11 Å². The van der Waals surface area contributed by atoms with Gasteiger partial charge in [-0.1, -0.05) is 32.8 Å². The van der Waals surface area contributed by atoms with Crippen molar-refractivity contribution >= 4 is 19.4 Å². The zero-order chi connectivity index (χ0) is 27.5. The van der Waals surface area contributed by atoms with Gasteiger partial charge in [0.15, 0.2) is 16.9 Å². The van der Waals surface area contributed by atoms with Gasteiger partial charge in [-0.05, 0) is 49.9 Å². The standard InChI is InChI=1S/C15H16N6O2.C5H9F3O.C2H6.CH3B/c1-2-9-5-12-18-11(8-21(12)17-6-9)7-16-15(22)14-13(10-3-4-10)19-23-20-14;1-4(2,9-3)5(6,7)8;2*1-2/h5-6,8,10H,2-4,7H2,1H3,(H,16,22);1-3H3;1-2H3;1H3. The van der Waals surface area contributed by atoms with Crippen molar-refractivity contribution in [2.24, 2.45) is 0 Å². The van der Waals surface area contributed by atoms with Crippen LogP contribution in [-0.4, -0.2) is 57.6 Å². The highest BCUT2D eigenvalue weighted by molar-refractivity contribution is 6.05. The molecule has 9 nitrogen and oxygen atoms in total. The number of carbonyl (C=O) groups is 1. The van der Waals surface area contributed by atoms with Gasteiger partial charge in [0.25, 0.3) is 5.91 Å². The normalized spacial score (nSPS) is 12.9.